The normalized spacial score (nSPS) is 10.3. The minimum absolute atomic E-state index is 0.355. The summed E-state index contributed by atoms with van der Waals surface area (Å²) in [7, 11) is 0. The Kier molecular flexibility index (Phi) is 1.85. The maximum Gasteiger partial charge on any atom is 0.0885 e. The van der Waals surface area contributed by atoms with Crippen molar-refractivity contribution < 1.29 is 0 Å². The minimum Gasteiger partial charge on any atom is -0.397 e. The van der Waals surface area contributed by atoms with E-state index in [1.54, 1.807) is 12.3 Å². The van der Waals surface area contributed by atoms with Crippen molar-refractivity contribution in [1.29, 1.82) is 0 Å². The molecule has 0 bridgehead atoms. The van der Waals surface area contributed by atoms with Gasteiger partial charge >= 0.3 is 0 Å². The molecule has 0 aromatic carbocycles. The quantitative estimate of drug-likeness (QED) is 0.632. The molecule has 0 unspecified atom stereocenters. The lowest BCUT2D eigenvalue weighted by molar-refractivity contribution is 0.789. The number of rotatable bonds is 1. The number of aromatic nitrogens is 2. The highest BCUT2D eigenvalue weighted by Gasteiger charge is 2.03. The SMILES string of the molecule is CC(C)c1nnccc1N. The van der Waals surface area contributed by atoms with Gasteiger partial charge in [-0.3, -0.25) is 0 Å². The third kappa shape index (κ3) is 1.23. The molecule has 1 aromatic rings. The van der Waals surface area contributed by atoms with Crippen molar-refractivity contribution in [3.05, 3.63) is 18.0 Å². The highest BCUT2D eigenvalue weighted by atomic mass is 15.1. The summed E-state index contributed by atoms with van der Waals surface area (Å²) in [6, 6.07) is 1.77. The molecular formula is C7H11N3. The number of nitrogens with two attached hydrogens (primary N) is 1. The zero-order valence-corrected chi connectivity index (χ0v) is 6.20. The first-order valence-electron chi connectivity index (χ1n) is 3.29. The topological polar surface area (TPSA) is 51.8 Å². The molecule has 10 heavy (non-hydrogen) atoms. The van der Waals surface area contributed by atoms with Gasteiger partial charge < -0.3 is 5.73 Å². The van der Waals surface area contributed by atoms with Crippen LogP contribution < -0.4 is 5.73 Å². The molecule has 0 radical (unpaired) electrons. The van der Waals surface area contributed by atoms with Crippen LogP contribution >= 0.6 is 0 Å². The molecule has 0 aliphatic heterocycles. The van der Waals surface area contributed by atoms with Crippen molar-refractivity contribution in [2.45, 2.75) is 19.8 Å². The standard InChI is InChI=1S/C7H11N3/c1-5(2)7-6(8)3-4-9-10-7/h3-5H,1-2H3,(H2,8,9). The van der Waals surface area contributed by atoms with E-state index in [9.17, 15) is 0 Å². The van der Waals surface area contributed by atoms with Gasteiger partial charge in [-0.05, 0) is 12.0 Å². The molecule has 0 aliphatic rings. The molecule has 0 saturated heterocycles. The van der Waals surface area contributed by atoms with Crippen LogP contribution in [0.15, 0.2) is 12.3 Å². The molecule has 1 rings (SSSR count). The largest absolute Gasteiger partial charge is 0.397 e. The zero-order valence-electron chi connectivity index (χ0n) is 6.20. The fourth-order valence-electron chi connectivity index (χ4n) is 0.801. The van der Waals surface area contributed by atoms with Crippen LogP contribution in [0, 0.1) is 0 Å². The summed E-state index contributed by atoms with van der Waals surface area (Å²) >= 11 is 0. The first-order chi connectivity index (χ1) is 4.72. The number of anilines is 1. The summed E-state index contributed by atoms with van der Waals surface area (Å²) < 4.78 is 0. The molecule has 3 nitrogen and oxygen atoms in total. The van der Waals surface area contributed by atoms with Crippen LogP contribution in [-0.2, 0) is 0 Å². The Labute approximate surface area is 60.3 Å². The van der Waals surface area contributed by atoms with Crippen LogP contribution in [-0.4, -0.2) is 10.2 Å². The van der Waals surface area contributed by atoms with Crippen molar-refractivity contribution in [1.82, 2.24) is 10.2 Å². The Morgan fingerprint density at radius 1 is 1.50 bits per heavy atom. The van der Waals surface area contributed by atoms with Gasteiger partial charge in [0.2, 0.25) is 0 Å². The molecule has 54 valence electrons. The van der Waals surface area contributed by atoms with E-state index in [1.807, 2.05) is 13.8 Å². The molecule has 0 saturated carbocycles. The van der Waals surface area contributed by atoms with Crippen LogP contribution in [0.25, 0.3) is 0 Å². The lowest BCUT2D eigenvalue weighted by Gasteiger charge is -2.04. The predicted octanol–water partition coefficient (Wildman–Crippen LogP) is 1.18. The Morgan fingerprint density at radius 2 is 2.20 bits per heavy atom. The number of nitrogens with zero attached hydrogens (tertiary/aromatic N) is 2. The fraction of sp³-hybridized carbons (Fsp3) is 0.429. The average molecular weight is 137 g/mol. The predicted molar refractivity (Wildman–Crippen MR) is 40.5 cm³/mol. The van der Waals surface area contributed by atoms with E-state index in [0.29, 0.717) is 5.92 Å². The number of hydrogen-bond donors (Lipinski definition) is 1. The van der Waals surface area contributed by atoms with Gasteiger partial charge in [0.05, 0.1) is 17.6 Å². The minimum atomic E-state index is 0.355. The summed E-state index contributed by atoms with van der Waals surface area (Å²) in [6.07, 6.45) is 1.60. The molecule has 0 fully saturated rings. The van der Waals surface area contributed by atoms with Gasteiger partial charge in [-0.25, -0.2) is 0 Å². The Morgan fingerprint density at radius 3 is 2.60 bits per heavy atom. The van der Waals surface area contributed by atoms with Gasteiger partial charge in [0.15, 0.2) is 0 Å². The van der Waals surface area contributed by atoms with Crippen molar-refractivity contribution in [2.24, 2.45) is 0 Å². The van der Waals surface area contributed by atoms with Crippen LogP contribution in [0.3, 0.4) is 0 Å². The van der Waals surface area contributed by atoms with Gasteiger partial charge in [-0.2, -0.15) is 10.2 Å². The van der Waals surface area contributed by atoms with Crippen LogP contribution in [0.2, 0.25) is 0 Å². The van der Waals surface area contributed by atoms with Crippen molar-refractivity contribution in [3.63, 3.8) is 0 Å². The van der Waals surface area contributed by atoms with Crippen molar-refractivity contribution in [3.8, 4) is 0 Å². The van der Waals surface area contributed by atoms with E-state index in [-0.39, 0.29) is 0 Å². The maximum absolute atomic E-state index is 5.62. The van der Waals surface area contributed by atoms with E-state index in [0.717, 1.165) is 11.4 Å². The van der Waals surface area contributed by atoms with E-state index >= 15 is 0 Å². The summed E-state index contributed by atoms with van der Waals surface area (Å²) in [6.45, 7) is 4.08. The summed E-state index contributed by atoms with van der Waals surface area (Å²) in [5.74, 6) is 0.355. The first kappa shape index (κ1) is 6.99. The highest BCUT2D eigenvalue weighted by molar-refractivity contribution is 5.42. The summed E-state index contributed by atoms with van der Waals surface area (Å²) in [5.41, 5.74) is 7.22. The molecule has 0 amide bonds. The van der Waals surface area contributed by atoms with Gasteiger partial charge in [-0.1, -0.05) is 13.8 Å². The second-order valence-electron chi connectivity index (χ2n) is 2.53. The highest BCUT2D eigenvalue weighted by Crippen LogP contribution is 2.16. The lowest BCUT2D eigenvalue weighted by atomic mass is 10.1. The molecule has 0 atom stereocenters. The lowest BCUT2D eigenvalue weighted by Crippen LogP contribution is -2.00. The molecule has 2 N–H and O–H groups in total. The van der Waals surface area contributed by atoms with Gasteiger partial charge in [0.1, 0.15) is 0 Å². The smallest absolute Gasteiger partial charge is 0.0885 e. The zero-order chi connectivity index (χ0) is 7.56. The van der Waals surface area contributed by atoms with Crippen LogP contribution in [0.5, 0.6) is 0 Å². The first-order valence-corrected chi connectivity index (χ1v) is 3.29. The molecule has 0 aliphatic carbocycles. The third-order valence-corrected chi connectivity index (χ3v) is 1.33. The third-order valence-electron chi connectivity index (χ3n) is 1.33. The van der Waals surface area contributed by atoms with Crippen molar-refractivity contribution in [2.75, 3.05) is 5.73 Å². The molecule has 0 spiro atoms. The summed E-state index contributed by atoms with van der Waals surface area (Å²) in [4.78, 5) is 0. The Bertz CT molecular complexity index is 220. The number of nitrogen functional groups attached to an aromatic ring is 1. The fourth-order valence-corrected chi connectivity index (χ4v) is 0.801. The molecular weight excluding hydrogens is 126 g/mol. The van der Waals surface area contributed by atoms with E-state index in [1.165, 1.54) is 0 Å². The Hall–Kier alpha value is -1.12. The van der Waals surface area contributed by atoms with Gasteiger partial charge in [0.25, 0.3) is 0 Å². The molecule has 1 heterocycles. The second-order valence-corrected chi connectivity index (χ2v) is 2.53. The van der Waals surface area contributed by atoms with Crippen LogP contribution in [0.1, 0.15) is 25.5 Å². The van der Waals surface area contributed by atoms with Crippen molar-refractivity contribution >= 4 is 5.69 Å². The number of hydrogen-bond acceptors (Lipinski definition) is 3. The van der Waals surface area contributed by atoms with Gasteiger partial charge in [-0.15, -0.1) is 0 Å². The van der Waals surface area contributed by atoms with E-state index < -0.39 is 0 Å². The van der Waals surface area contributed by atoms with E-state index in [2.05, 4.69) is 10.2 Å². The Balaban J connectivity index is 3.03. The van der Waals surface area contributed by atoms with Crippen LogP contribution in [0.4, 0.5) is 5.69 Å². The molecule has 1 aromatic heterocycles. The average Bonchev–Trinajstić information content (AvgIpc) is 1.88. The monoisotopic (exact) mass is 137 g/mol. The maximum atomic E-state index is 5.62. The van der Waals surface area contributed by atoms with Gasteiger partial charge in [0, 0.05) is 0 Å². The van der Waals surface area contributed by atoms with E-state index in [4.69, 9.17) is 5.73 Å². The summed E-state index contributed by atoms with van der Waals surface area (Å²) in [5, 5.41) is 7.64. The molecule has 3 heteroatoms. The second kappa shape index (κ2) is 2.64.